The lowest BCUT2D eigenvalue weighted by molar-refractivity contribution is 0.306. The quantitative estimate of drug-likeness (QED) is 0.506. The molecule has 0 unspecified atom stereocenters. The van der Waals surface area contributed by atoms with Crippen molar-refractivity contribution in [2.45, 2.75) is 13.5 Å². The van der Waals surface area contributed by atoms with Crippen LogP contribution in [-0.2, 0) is 6.61 Å². The Hall–Kier alpha value is -2.29. The smallest absolute Gasteiger partial charge is 0.120 e. The van der Waals surface area contributed by atoms with Gasteiger partial charge < -0.3 is 9.94 Å². The highest BCUT2D eigenvalue weighted by Gasteiger charge is 1.99. The normalized spacial score (nSPS) is 10.7. The Bertz CT molecular complexity index is 535. The van der Waals surface area contributed by atoms with Gasteiger partial charge in [-0.15, -0.1) is 0 Å². The van der Waals surface area contributed by atoms with Crippen LogP contribution in [0.15, 0.2) is 53.7 Å². The Labute approximate surface area is 106 Å². The number of oxime groups is 1. The van der Waals surface area contributed by atoms with Crippen LogP contribution in [0.3, 0.4) is 0 Å². The molecule has 0 aliphatic rings. The maximum Gasteiger partial charge on any atom is 0.120 e. The second-order valence-electron chi connectivity index (χ2n) is 4.10. The lowest BCUT2D eigenvalue weighted by Crippen LogP contribution is -1.96. The average Bonchev–Trinajstić information content (AvgIpc) is 2.37. The fourth-order valence-corrected chi connectivity index (χ4v) is 1.74. The van der Waals surface area contributed by atoms with E-state index in [1.165, 1.54) is 6.21 Å². The van der Waals surface area contributed by atoms with Gasteiger partial charge in [0.05, 0.1) is 6.21 Å². The molecule has 0 heterocycles. The second kappa shape index (κ2) is 5.87. The first-order valence-electron chi connectivity index (χ1n) is 5.74. The summed E-state index contributed by atoms with van der Waals surface area (Å²) in [5.74, 6) is 0.772. The number of nitrogens with zero attached hydrogens (tertiary/aromatic N) is 1. The van der Waals surface area contributed by atoms with E-state index in [2.05, 4.69) is 5.16 Å². The number of rotatable bonds is 4. The number of aryl methyl sites for hydroxylation is 1. The molecule has 0 saturated heterocycles. The van der Waals surface area contributed by atoms with Crippen molar-refractivity contribution in [3.8, 4) is 5.75 Å². The molecule has 2 rings (SSSR count). The van der Waals surface area contributed by atoms with Crippen LogP contribution in [0.25, 0.3) is 0 Å². The van der Waals surface area contributed by atoms with Gasteiger partial charge in [-0.3, -0.25) is 0 Å². The van der Waals surface area contributed by atoms with Gasteiger partial charge in [-0.05, 0) is 35.7 Å². The van der Waals surface area contributed by atoms with Crippen LogP contribution in [-0.4, -0.2) is 11.4 Å². The summed E-state index contributed by atoms with van der Waals surface area (Å²) < 4.78 is 5.72. The van der Waals surface area contributed by atoms with Crippen LogP contribution >= 0.6 is 0 Å². The van der Waals surface area contributed by atoms with E-state index >= 15 is 0 Å². The van der Waals surface area contributed by atoms with Crippen LogP contribution in [0.2, 0.25) is 0 Å². The number of benzene rings is 2. The van der Waals surface area contributed by atoms with Gasteiger partial charge in [0.1, 0.15) is 12.4 Å². The first kappa shape index (κ1) is 12.2. The van der Waals surface area contributed by atoms with Crippen molar-refractivity contribution in [1.29, 1.82) is 0 Å². The third-order valence-electron chi connectivity index (χ3n) is 2.53. The summed E-state index contributed by atoms with van der Waals surface area (Å²) in [4.78, 5) is 0. The Kier molecular flexibility index (Phi) is 3.97. The highest BCUT2D eigenvalue weighted by atomic mass is 16.5. The summed E-state index contributed by atoms with van der Waals surface area (Å²) in [6.07, 6.45) is 1.39. The summed E-state index contributed by atoms with van der Waals surface area (Å²) in [6, 6.07) is 15.7. The summed E-state index contributed by atoms with van der Waals surface area (Å²) in [5.41, 5.74) is 3.01. The Morgan fingerprint density at radius 2 is 1.94 bits per heavy atom. The van der Waals surface area contributed by atoms with Gasteiger partial charge in [0.2, 0.25) is 0 Å². The van der Waals surface area contributed by atoms with Gasteiger partial charge in [0.15, 0.2) is 0 Å². The summed E-state index contributed by atoms with van der Waals surface area (Å²) in [6.45, 7) is 2.50. The van der Waals surface area contributed by atoms with Gasteiger partial charge in [-0.25, -0.2) is 0 Å². The maximum absolute atomic E-state index is 8.54. The first-order chi connectivity index (χ1) is 8.78. The lowest BCUT2D eigenvalue weighted by atomic mass is 10.1. The van der Waals surface area contributed by atoms with Gasteiger partial charge in [-0.2, -0.15) is 0 Å². The SMILES string of the molecule is Cc1cc(/C=N\O)cc(OCc2ccccc2)c1. The number of hydrogen-bond donors (Lipinski definition) is 1. The van der Waals surface area contributed by atoms with Crippen LogP contribution in [0.1, 0.15) is 16.7 Å². The van der Waals surface area contributed by atoms with Crippen LogP contribution in [0, 0.1) is 6.92 Å². The van der Waals surface area contributed by atoms with Crippen molar-refractivity contribution in [3.63, 3.8) is 0 Å². The number of hydrogen-bond acceptors (Lipinski definition) is 3. The molecule has 3 nitrogen and oxygen atoms in total. The maximum atomic E-state index is 8.54. The minimum atomic E-state index is 0.528. The van der Waals surface area contributed by atoms with Crippen LogP contribution < -0.4 is 4.74 Å². The molecule has 0 saturated carbocycles. The van der Waals surface area contributed by atoms with Crippen molar-refractivity contribution >= 4 is 6.21 Å². The Morgan fingerprint density at radius 1 is 1.17 bits per heavy atom. The standard InChI is InChI=1S/C15H15NO2/c1-12-7-14(10-16-17)9-15(8-12)18-11-13-5-3-2-4-6-13/h2-10,17H,11H2,1H3/b16-10-. The van der Waals surface area contributed by atoms with Crippen molar-refractivity contribution in [2.75, 3.05) is 0 Å². The van der Waals surface area contributed by atoms with E-state index in [4.69, 9.17) is 9.94 Å². The van der Waals surface area contributed by atoms with E-state index in [0.717, 1.165) is 22.4 Å². The fourth-order valence-electron chi connectivity index (χ4n) is 1.74. The number of ether oxygens (including phenoxy) is 1. The van der Waals surface area contributed by atoms with Crippen LogP contribution in [0.5, 0.6) is 5.75 Å². The minimum absolute atomic E-state index is 0.528. The van der Waals surface area contributed by atoms with E-state index in [0.29, 0.717) is 6.61 Å². The molecule has 0 spiro atoms. The molecule has 0 aliphatic carbocycles. The van der Waals surface area contributed by atoms with E-state index < -0.39 is 0 Å². The molecule has 2 aromatic carbocycles. The first-order valence-corrected chi connectivity index (χ1v) is 5.74. The Morgan fingerprint density at radius 3 is 2.67 bits per heavy atom. The zero-order valence-corrected chi connectivity index (χ0v) is 10.2. The molecule has 0 fully saturated rings. The molecule has 3 heteroatoms. The van der Waals surface area contributed by atoms with Crippen molar-refractivity contribution < 1.29 is 9.94 Å². The summed E-state index contributed by atoms with van der Waals surface area (Å²) in [5, 5.41) is 11.6. The molecule has 0 amide bonds. The highest BCUT2D eigenvalue weighted by molar-refractivity contribution is 5.80. The van der Waals surface area contributed by atoms with Gasteiger partial charge in [-0.1, -0.05) is 41.6 Å². The topological polar surface area (TPSA) is 41.8 Å². The van der Waals surface area contributed by atoms with E-state index in [1.807, 2.05) is 55.5 Å². The summed E-state index contributed by atoms with van der Waals surface area (Å²) in [7, 11) is 0. The second-order valence-corrected chi connectivity index (χ2v) is 4.10. The molecule has 0 bridgehead atoms. The zero-order chi connectivity index (χ0) is 12.8. The van der Waals surface area contributed by atoms with E-state index in [9.17, 15) is 0 Å². The predicted octanol–water partition coefficient (Wildman–Crippen LogP) is 3.38. The van der Waals surface area contributed by atoms with Gasteiger partial charge in [0, 0.05) is 0 Å². The van der Waals surface area contributed by atoms with E-state index in [1.54, 1.807) is 0 Å². The minimum Gasteiger partial charge on any atom is -0.489 e. The van der Waals surface area contributed by atoms with Crippen molar-refractivity contribution in [2.24, 2.45) is 5.16 Å². The third kappa shape index (κ3) is 3.35. The average molecular weight is 241 g/mol. The lowest BCUT2D eigenvalue weighted by Gasteiger charge is -2.08. The molecule has 0 aromatic heterocycles. The summed E-state index contributed by atoms with van der Waals surface area (Å²) >= 11 is 0. The predicted molar refractivity (Wildman–Crippen MR) is 71.3 cm³/mol. The zero-order valence-electron chi connectivity index (χ0n) is 10.2. The van der Waals surface area contributed by atoms with Crippen LogP contribution in [0.4, 0.5) is 0 Å². The van der Waals surface area contributed by atoms with Crippen molar-refractivity contribution in [1.82, 2.24) is 0 Å². The van der Waals surface area contributed by atoms with Gasteiger partial charge in [0.25, 0.3) is 0 Å². The molecule has 0 aliphatic heterocycles. The molecule has 1 N–H and O–H groups in total. The molecule has 2 aromatic rings. The Balaban J connectivity index is 2.09. The molecule has 0 atom stereocenters. The molecular weight excluding hydrogens is 226 g/mol. The third-order valence-corrected chi connectivity index (χ3v) is 2.53. The van der Waals surface area contributed by atoms with E-state index in [-0.39, 0.29) is 0 Å². The highest BCUT2D eigenvalue weighted by Crippen LogP contribution is 2.17. The van der Waals surface area contributed by atoms with Gasteiger partial charge >= 0.3 is 0 Å². The molecule has 92 valence electrons. The molecule has 18 heavy (non-hydrogen) atoms. The molecule has 0 radical (unpaired) electrons. The van der Waals surface area contributed by atoms with Crippen molar-refractivity contribution in [3.05, 3.63) is 65.2 Å². The fraction of sp³-hybridized carbons (Fsp3) is 0.133. The monoisotopic (exact) mass is 241 g/mol. The molecular formula is C15H15NO2. The largest absolute Gasteiger partial charge is 0.489 e.